The first-order valence-corrected chi connectivity index (χ1v) is 7.78. The highest BCUT2D eigenvalue weighted by molar-refractivity contribution is 6.32. The van der Waals surface area contributed by atoms with Crippen molar-refractivity contribution >= 4 is 29.2 Å². The highest BCUT2D eigenvalue weighted by Crippen LogP contribution is 2.28. The maximum atomic E-state index is 12.5. The number of amides is 1. The van der Waals surface area contributed by atoms with Crippen LogP contribution in [0.1, 0.15) is 39.0 Å². The van der Waals surface area contributed by atoms with E-state index in [1.54, 1.807) is 39.0 Å². The molecule has 0 atom stereocenters. The fraction of sp³-hybridized carbons (Fsp3) is 0.294. The summed E-state index contributed by atoms with van der Waals surface area (Å²) in [4.78, 5) is 27.4. The first-order valence-electron chi connectivity index (χ1n) is 7.40. The molecule has 0 radical (unpaired) electrons. The third-order valence-electron chi connectivity index (χ3n) is 3.55. The molecule has 2 aromatic rings. The number of hydrogen-bond acceptors (Lipinski definition) is 4. The molecule has 0 saturated heterocycles. The van der Waals surface area contributed by atoms with Gasteiger partial charge in [0.2, 0.25) is 0 Å². The molecule has 0 bridgehead atoms. The summed E-state index contributed by atoms with van der Waals surface area (Å²) in [5.41, 5.74) is 2.35. The maximum absolute atomic E-state index is 12.5. The van der Waals surface area contributed by atoms with Crippen LogP contribution in [0.5, 0.6) is 5.75 Å². The quantitative estimate of drug-likeness (QED) is 0.805. The van der Waals surface area contributed by atoms with Crippen molar-refractivity contribution in [3.8, 4) is 5.75 Å². The van der Waals surface area contributed by atoms with Crippen LogP contribution < -0.4 is 10.1 Å². The summed E-state index contributed by atoms with van der Waals surface area (Å²) in [5.74, 6) is -0.297. The minimum atomic E-state index is -0.449. The van der Waals surface area contributed by atoms with Gasteiger partial charge in [-0.1, -0.05) is 11.6 Å². The number of aryl methyl sites for hydroxylation is 1. The number of anilines is 1. The van der Waals surface area contributed by atoms with Gasteiger partial charge in [0.25, 0.3) is 5.91 Å². The van der Waals surface area contributed by atoms with Gasteiger partial charge in [-0.05, 0) is 44.5 Å². The topological polar surface area (TPSA) is 80.4 Å². The number of hydrogen-bond donors (Lipinski definition) is 2. The molecule has 2 N–H and O–H groups in total. The molecule has 6 nitrogen and oxygen atoms in total. The molecule has 0 saturated carbocycles. The Kier molecular flexibility index (Phi) is 5.51. The number of nitrogens with one attached hydrogen (secondary N) is 2. The minimum absolute atomic E-state index is 0.273. The summed E-state index contributed by atoms with van der Waals surface area (Å²) in [6, 6.07) is 4.94. The lowest BCUT2D eigenvalue weighted by molar-refractivity contribution is 0.0525. The zero-order valence-corrected chi connectivity index (χ0v) is 14.7. The van der Waals surface area contributed by atoms with E-state index in [0.29, 0.717) is 39.0 Å². The SMILES string of the molecule is CCOC(=O)c1c(C)[nH]c(C(=O)Nc2ccc(OC)c(Cl)c2)c1C. The van der Waals surface area contributed by atoms with Crippen molar-refractivity contribution in [2.75, 3.05) is 19.0 Å². The summed E-state index contributed by atoms with van der Waals surface area (Å²) in [7, 11) is 1.52. The van der Waals surface area contributed by atoms with Crippen molar-refractivity contribution in [2.45, 2.75) is 20.8 Å². The van der Waals surface area contributed by atoms with Gasteiger partial charge in [0.15, 0.2) is 0 Å². The number of ether oxygens (including phenoxy) is 2. The molecular weight excluding hydrogens is 332 g/mol. The number of methoxy groups -OCH3 is 1. The van der Waals surface area contributed by atoms with E-state index in [4.69, 9.17) is 21.1 Å². The Hall–Kier alpha value is -2.47. The van der Waals surface area contributed by atoms with Crippen molar-refractivity contribution in [2.24, 2.45) is 0 Å². The van der Waals surface area contributed by atoms with E-state index in [-0.39, 0.29) is 12.5 Å². The van der Waals surface area contributed by atoms with E-state index < -0.39 is 5.97 Å². The van der Waals surface area contributed by atoms with Crippen LogP contribution in [-0.4, -0.2) is 30.6 Å². The zero-order chi connectivity index (χ0) is 17.9. The number of aromatic nitrogens is 1. The van der Waals surface area contributed by atoms with E-state index in [2.05, 4.69) is 10.3 Å². The molecule has 1 aromatic carbocycles. The van der Waals surface area contributed by atoms with Gasteiger partial charge in [-0.3, -0.25) is 4.79 Å². The molecule has 0 aliphatic carbocycles. The Labute approximate surface area is 145 Å². The average Bonchev–Trinajstić information content (AvgIpc) is 2.82. The maximum Gasteiger partial charge on any atom is 0.340 e. The van der Waals surface area contributed by atoms with Gasteiger partial charge in [0.1, 0.15) is 11.4 Å². The van der Waals surface area contributed by atoms with Gasteiger partial charge < -0.3 is 19.8 Å². The molecule has 7 heteroatoms. The molecule has 0 aliphatic rings. The van der Waals surface area contributed by atoms with E-state index in [1.165, 1.54) is 7.11 Å². The Bertz CT molecular complexity index is 783. The van der Waals surface area contributed by atoms with Crippen molar-refractivity contribution < 1.29 is 19.1 Å². The second-order valence-electron chi connectivity index (χ2n) is 5.15. The average molecular weight is 351 g/mol. The largest absolute Gasteiger partial charge is 0.495 e. The van der Waals surface area contributed by atoms with Gasteiger partial charge in [-0.25, -0.2) is 4.79 Å². The standard InChI is InChI=1S/C17H19ClN2O4/c1-5-24-17(22)14-9(2)15(19-10(14)3)16(21)20-11-6-7-13(23-4)12(18)8-11/h6-8,19H,5H2,1-4H3,(H,20,21). The highest BCUT2D eigenvalue weighted by Gasteiger charge is 2.23. The van der Waals surface area contributed by atoms with E-state index in [9.17, 15) is 9.59 Å². The first-order chi connectivity index (χ1) is 11.4. The number of carbonyl (C=O) groups is 2. The molecule has 0 unspecified atom stereocenters. The summed E-state index contributed by atoms with van der Waals surface area (Å²) in [6.45, 7) is 5.43. The molecule has 2 rings (SSSR count). The Morgan fingerprint density at radius 3 is 2.58 bits per heavy atom. The molecule has 1 aromatic heterocycles. The highest BCUT2D eigenvalue weighted by atomic mass is 35.5. The predicted octanol–water partition coefficient (Wildman–Crippen LogP) is 3.72. The minimum Gasteiger partial charge on any atom is -0.495 e. The predicted molar refractivity (Wildman–Crippen MR) is 92.2 cm³/mol. The summed E-state index contributed by atoms with van der Waals surface area (Å²) >= 11 is 6.05. The van der Waals surface area contributed by atoms with Crippen molar-refractivity contribution in [1.82, 2.24) is 4.98 Å². The van der Waals surface area contributed by atoms with Crippen molar-refractivity contribution in [3.63, 3.8) is 0 Å². The summed E-state index contributed by atoms with van der Waals surface area (Å²) in [5, 5.41) is 3.13. The Balaban J connectivity index is 2.26. The van der Waals surface area contributed by atoms with Crippen LogP contribution in [0.15, 0.2) is 18.2 Å². The van der Waals surface area contributed by atoms with Gasteiger partial charge in [0.05, 0.1) is 24.3 Å². The summed E-state index contributed by atoms with van der Waals surface area (Å²) < 4.78 is 10.1. The number of rotatable bonds is 5. The molecule has 0 aliphatic heterocycles. The molecular formula is C17H19ClN2O4. The van der Waals surface area contributed by atoms with Crippen LogP contribution in [0.25, 0.3) is 0 Å². The third kappa shape index (κ3) is 3.54. The Morgan fingerprint density at radius 1 is 1.29 bits per heavy atom. The molecule has 128 valence electrons. The molecule has 0 fully saturated rings. The normalized spacial score (nSPS) is 10.4. The van der Waals surface area contributed by atoms with E-state index in [0.717, 1.165) is 0 Å². The number of H-pyrrole nitrogens is 1. The van der Waals surface area contributed by atoms with Gasteiger partial charge in [-0.15, -0.1) is 0 Å². The summed E-state index contributed by atoms with van der Waals surface area (Å²) in [6.07, 6.45) is 0. The molecule has 0 spiro atoms. The van der Waals surface area contributed by atoms with Gasteiger partial charge in [-0.2, -0.15) is 0 Å². The fourth-order valence-corrected chi connectivity index (χ4v) is 2.68. The third-order valence-corrected chi connectivity index (χ3v) is 3.85. The lowest BCUT2D eigenvalue weighted by Gasteiger charge is -2.08. The lowest BCUT2D eigenvalue weighted by atomic mass is 10.1. The Morgan fingerprint density at radius 2 is 2.00 bits per heavy atom. The second kappa shape index (κ2) is 7.40. The van der Waals surface area contributed by atoms with Crippen LogP contribution in [0, 0.1) is 13.8 Å². The van der Waals surface area contributed by atoms with Gasteiger partial charge in [0, 0.05) is 11.4 Å². The number of esters is 1. The van der Waals surface area contributed by atoms with Crippen LogP contribution in [-0.2, 0) is 4.74 Å². The molecule has 1 heterocycles. The molecule has 24 heavy (non-hydrogen) atoms. The lowest BCUT2D eigenvalue weighted by Crippen LogP contribution is -2.14. The molecule has 1 amide bonds. The number of aromatic amines is 1. The monoisotopic (exact) mass is 350 g/mol. The smallest absolute Gasteiger partial charge is 0.340 e. The van der Waals surface area contributed by atoms with Gasteiger partial charge >= 0.3 is 5.97 Å². The van der Waals surface area contributed by atoms with E-state index in [1.807, 2.05) is 0 Å². The second-order valence-corrected chi connectivity index (χ2v) is 5.56. The van der Waals surface area contributed by atoms with Crippen LogP contribution in [0.2, 0.25) is 5.02 Å². The number of carbonyl (C=O) groups excluding carboxylic acids is 2. The van der Waals surface area contributed by atoms with Crippen LogP contribution in [0.4, 0.5) is 5.69 Å². The fourth-order valence-electron chi connectivity index (χ4n) is 2.42. The number of halogens is 1. The van der Waals surface area contributed by atoms with Crippen molar-refractivity contribution in [3.05, 3.63) is 45.7 Å². The van der Waals surface area contributed by atoms with Crippen LogP contribution in [0.3, 0.4) is 0 Å². The number of benzene rings is 1. The first kappa shape index (κ1) is 17.9. The zero-order valence-electron chi connectivity index (χ0n) is 14.0. The van der Waals surface area contributed by atoms with Crippen LogP contribution >= 0.6 is 11.6 Å². The van der Waals surface area contributed by atoms with Crippen molar-refractivity contribution in [1.29, 1.82) is 0 Å². The van der Waals surface area contributed by atoms with E-state index >= 15 is 0 Å².